The van der Waals surface area contributed by atoms with E-state index in [0.717, 1.165) is 18.0 Å². The molecule has 162 valence electrons. The molecule has 1 saturated heterocycles. The Morgan fingerprint density at radius 2 is 1.90 bits per heavy atom. The topological polar surface area (TPSA) is 85.8 Å². The number of carbonyl (C=O) groups is 1. The number of amides is 1. The Balaban J connectivity index is 1.59. The summed E-state index contributed by atoms with van der Waals surface area (Å²) < 4.78 is 39.8. The van der Waals surface area contributed by atoms with E-state index in [0.29, 0.717) is 25.4 Å². The number of aromatic nitrogens is 2. The Bertz CT molecular complexity index is 841. The van der Waals surface area contributed by atoms with E-state index in [2.05, 4.69) is 20.0 Å². The highest BCUT2D eigenvalue weighted by Gasteiger charge is 2.28. The summed E-state index contributed by atoms with van der Waals surface area (Å²) in [6, 6.07) is 7.38. The van der Waals surface area contributed by atoms with Crippen molar-refractivity contribution in [3.05, 3.63) is 42.2 Å². The molecule has 0 bridgehead atoms. The van der Waals surface area contributed by atoms with Gasteiger partial charge in [-0.3, -0.25) is 0 Å². The van der Waals surface area contributed by atoms with Gasteiger partial charge in [0.05, 0.1) is 25.5 Å². The fourth-order valence-corrected chi connectivity index (χ4v) is 2.80. The molecule has 2 aromatic rings. The molecule has 1 aromatic heterocycles. The van der Waals surface area contributed by atoms with E-state index < -0.39 is 12.2 Å². The van der Waals surface area contributed by atoms with Crippen molar-refractivity contribution in [3.8, 4) is 5.75 Å². The van der Waals surface area contributed by atoms with Crippen molar-refractivity contribution in [2.75, 3.05) is 25.0 Å². The van der Waals surface area contributed by atoms with Crippen LogP contribution in [0.2, 0.25) is 0 Å². The standard InChI is InChI=1S/C20H24F2N4O4/c1-20(2,3)30-19(27)26-8-9-28-16(12-26)13-4-6-14(7-5-13)25-18-23-10-15(11-24-18)29-17(21)22/h4-7,10-11,16-17H,8-9,12H2,1-3H3,(H,23,24,25). The molecule has 10 heteroatoms. The van der Waals surface area contributed by atoms with Gasteiger partial charge in [-0.05, 0) is 38.5 Å². The van der Waals surface area contributed by atoms with Crippen LogP contribution in [0.4, 0.5) is 25.2 Å². The molecule has 8 nitrogen and oxygen atoms in total. The van der Waals surface area contributed by atoms with Gasteiger partial charge in [0.2, 0.25) is 5.95 Å². The lowest BCUT2D eigenvalue weighted by atomic mass is 10.1. The molecule has 1 aliphatic heterocycles. The average molecular weight is 422 g/mol. The fraction of sp³-hybridized carbons (Fsp3) is 0.450. The maximum Gasteiger partial charge on any atom is 0.410 e. The third-order valence-corrected chi connectivity index (χ3v) is 4.11. The van der Waals surface area contributed by atoms with Crippen LogP contribution in [0, 0.1) is 0 Å². The first kappa shape index (κ1) is 21.7. The van der Waals surface area contributed by atoms with Gasteiger partial charge in [0.15, 0.2) is 5.75 Å². The van der Waals surface area contributed by atoms with E-state index >= 15 is 0 Å². The first-order valence-electron chi connectivity index (χ1n) is 9.43. The Hall–Kier alpha value is -3.01. The van der Waals surface area contributed by atoms with Crippen LogP contribution >= 0.6 is 0 Å². The summed E-state index contributed by atoms with van der Waals surface area (Å²) in [4.78, 5) is 21.8. The van der Waals surface area contributed by atoms with E-state index in [-0.39, 0.29) is 23.9 Å². The zero-order chi connectivity index (χ0) is 21.7. The maximum absolute atomic E-state index is 12.3. The van der Waals surface area contributed by atoms with Crippen molar-refractivity contribution in [1.82, 2.24) is 14.9 Å². The van der Waals surface area contributed by atoms with Crippen molar-refractivity contribution < 1.29 is 27.8 Å². The average Bonchev–Trinajstić information content (AvgIpc) is 2.68. The van der Waals surface area contributed by atoms with Crippen molar-refractivity contribution >= 4 is 17.7 Å². The first-order chi connectivity index (χ1) is 14.2. The molecule has 0 saturated carbocycles. The SMILES string of the molecule is CC(C)(C)OC(=O)N1CCOC(c2ccc(Nc3ncc(OC(F)F)cn3)cc2)C1. The predicted molar refractivity (Wildman–Crippen MR) is 105 cm³/mol. The molecule has 0 radical (unpaired) electrons. The first-order valence-corrected chi connectivity index (χ1v) is 9.43. The maximum atomic E-state index is 12.3. The molecule has 1 aliphatic rings. The summed E-state index contributed by atoms with van der Waals surface area (Å²) in [7, 11) is 0. The van der Waals surface area contributed by atoms with Crippen LogP contribution < -0.4 is 10.1 Å². The number of alkyl halides is 2. The van der Waals surface area contributed by atoms with Gasteiger partial charge in [0.25, 0.3) is 0 Å². The zero-order valence-electron chi connectivity index (χ0n) is 17.0. The van der Waals surface area contributed by atoms with Crippen LogP contribution in [-0.4, -0.2) is 52.9 Å². The normalized spacial score (nSPS) is 17.0. The van der Waals surface area contributed by atoms with Crippen LogP contribution in [0.15, 0.2) is 36.7 Å². The molecular formula is C20H24F2N4O4. The number of carbonyl (C=O) groups excluding carboxylic acids is 1. The minimum Gasteiger partial charge on any atom is -0.444 e. The second kappa shape index (κ2) is 9.21. The Labute approximate surface area is 173 Å². The number of nitrogens with one attached hydrogen (secondary N) is 1. The minimum absolute atomic E-state index is 0.116. The number of morpholine rings is 1. The van der Waals surface area contributed by atoms with E-state index in [1.54, 1.807) is 4.90 Å². The lowest BCUT2D eigenvalue weighted by Gasteiger charge is -2.34. The number of ether oxygens (including phenoxy) is 3. The van der Waals surface area contributed by atoms with Gasteiger partial charge in [-0.1, -0.05) is 12.1 Å². The van der Waals surface area contributed by atoms with Crippen LogP contribution in [0.3, 0.4) is 0 Å². The van der Waals surface area contributed by atoms with Crippen molar-refractivity contribution in [2.24, 2.45) is 0 Å². The molecule has 1 unspecified atom stereocenters. The van der Waals surface area contributed by atoms with Gasteiger partial charge in [-0.15, -0.1) is 0 Å². The quantitative estimate of drug-likeness (QED) is 0.775. The highest BCUT2D eigenvalue weighted by atomic mass is 19.3. The number of hydrogen-bond donors (Lipinski definition) is 1. The molecule has 30 heavy (non-hydrogen) atoms. The van der Waals surface area contributed by atoms with E-state index in [9.17, 15) is 13.6 Å². The molecule has 2 heterocycles. The summed E-state index contributed by atoms with van der Waals surface area (Å²) in [6.45, 7) is 3.87. The summed E-state index contributed by atoms with van der Waals surface area (Å²) >= 11 is 0. The number of halogens is 2. The monoisotopic (exact) mass is 422 g/mol. The molecular weight excluding hydrogens is 398 g/mol. The van der Waals surface area contributed by atoms with Gasteiger partial charge < -0.3 is 24.4 Å². The number of nitrogens with zero attached hydrogens (tertiary/aromatic N) is 3. The smallest absolute Gasteiger partial charge is 0.410 e. The van der Waals surface area contributed by atoms with Gasteiger partial charge in [-0.25, -0.2) is 14.8 Å². The molecule has 0 spiro atoms. The van der Waals surface area contributed by atoms with Crippen molar-refractivity contribution in [2.45, 2.75) is 39.1 Å². The van der Waals surface area contributed by atoms with Gasteiger partial charge in [0.1, 0.15) is 11.7 Å². The lowest BCUT2D eigenvalue weighted by Crippen LogP contribution is -2.44. The fourth-order valence-electron chi connectivity index (χ4n) is 2.80. The van der Waals surface area contributed by atoms with Crippen LogP contribution in [0.5, 0.6) is 5.75 Å². The summed E-state index contributed by atoms with van der Waals surface area (Å²) in [5.74, 6) is 0.129. The number of anilines is 2. The molecule has 1 atom stereocenters. The van der Waals surface area contributed by atoms with Gasteiger partial charge >= 0.3 is 12.7 Å². The number of benzene rings is 1. The lowest BCUT2D eigenvalue weighted by molar-refractivity contribution is -0.0503. The van der Waals surface area contributed by atoms with Crippen molar-refractivity contribution in [1.29, 1.82) is 0 Å². The molecule has 1 fully saturated rings. The molecule has 3 rings (SSSR count). The van der Waals surface area contributed by atoms with Crippen LogP contribution in [0.1, 0.15) is 32.4 Å². The van der Waals surface area contributed by atoms with E-state index in [1.165, 1.54) is 0 Å². The number of hydrogen-bond acceptors (Lipinski definition) is 7. The van der Waals surface area contributed by atoms with Crippen LogP contribution in [0.25, 0.3) is 0 Å². The molecule has 1 amide bonds. The minimum atomic E-state index is -2.92. The third kappa shape index (κ3) is 6.24. The Morgan fingerprint density at radius 1 is 1.23 bits per heavy atom. The second-order valence-corrected chi connectivity index (χ2v) is 7.65. The van der Waals surface area contributed by atoms with Crippen LogP contribution in [-0.2, 0) is 9.47 Å². The highest BCUT2D eigenvalue weighted by molar-refractivity contribution is 5.68. The summed E-state index contributed by atoms with van der Waals surface area (Å²) in [5, 5.41) is 2.98. The number of rotatable bonds is 5. The molecule has 1 N–H and O–H groups in total. The predicted octanol–water partition coefficient (Wildman–Crippen LogP) is 4.13. The molecule has 0 aliphatic carbocycles. The summed E-state index contributed by atoms with van der Waals surface area (Å²) in [6.07, 6.45) is 1.71. The van der Waals surface area contributed by atoms with Crippen molar-refractivity contribution in [3.63, 3.8) is 0 Å². The zero-order valence-corrected chi connectivity index (χ0v) is 17.0. The second-order valence-electron chi connectivity index (χ2n) is 7.65. The highest BCUT2D eigenvalue weighted by Crippen LogP contribution is 2.25. The van der Waals surface area contributed by atoms with E-state index in [4.69, 9.17) is 9.47 Å². The summed E-state index contributed by atoms with van der Waals surface area (Å²) in [5.41, 5.74) is 1.07. The van der Waals surface area contributed by atoms with Gasteiger partial charge in [-0.2, -0.15) is 8.78 Å². The third-order valence-electron chi connectivity index (χ3n) is 4.11. The van der Waals surface area contributed by atoms with Gasteiger partial charge in [0, 0.05) is 12.2 Å². The Kier molecular flexibility index (Phi) is 6.66. The Morgan fingerprint density at radius 3 is 2.50 bits per heavy atom. The largest absolute Gasteiger partial charge is 0.444 e. The van der Waals surface area contributed by atoms with E-state index in [1.807, 2.05) is 45.0 Å². The molecule has 1 aromatic carbocycles.